The molecular formula is C14H20ClFN2O. The van der Waals surface area contributed by atoms with Crippen molar-refractivity contribution >= 4 is 18.3 Å². The molecule has 0 saturated heterocycles. The maximum absolute atomic E-state index is 13.7. The Morgan fingerprint density at radius 1 is 1.53 bits per heavy atom. The maximum atomic E-state index is 13.7. The van der Waals surface area contributed by atoms with Gasteiger partial charge in [0.25, 0.3) is 0 Å². The largest absolute Gasteiger partial charge is 0.348 e. The summed E-state index contributed by atoms with van der Waals surface area (Å²) in [6, 6.07) is 4.37. The molecule has 106 valence electrons. The number of carbonyl (C=O) groups is 1. The Bertz CT molecular complexity index is 465. The third-order valence-corrected chi connectivity index (χ3v) is 3.62. The standard InChI is InChI=1S/C14H19FN2O.ClH/c1-8-6-7-10-11(4-3-5-12(10)15)13(8)17-14(18)9(2)16;/h3-5,8-9,13H,6-7,16H2,1-2H3,(H,17,18);1H/t8?,9-,13?;/m0./s1. The van der Waals surface area contributed by atoms with Gasteiger partial charge in [-0.05, 0) is 42.9 Å². The van der Waals surface area contributed by atoms with Crippen LogP contribution >= 0.6 is 12.4 Å². The lowest BCUT2D eigenvalue weighted by Gasteiger charge is -2.32. The van der Waals surface area contributed by atoms with Gasteiger partial charge in [-0.25, -0.2) is 4.39 Å². The number of hydrogen-bond acceptors (Lipinski definition) is 2. The third kappa shape index (κ3) is 3.25. The fraction of sp³-hybridized carbons (Fsp3) is 0.500. The lowest BCUT2D eigenvalue weighted by Crippen LogP contribution is -2.43. The molecule has 0 spiro atoms. The van der Waals surface area contributed by atoms with E-state index in [9.17, 15) is 9.18 Å². The van der Waals surface area contributed by atoms with Crippen molar-refractivity contribution < 1.29 is 9.18 Å². The fourth-order valence-corrected chi connectivity index (χ4v) is 2.48. The van der Waals surface area contributed by atoms with Gasteiger partial charge in [-0.3, -0.25) is 4.79 Å². The molecule has 1 aliphatic carbocycles. The van der Waals surface area contributed by atoms with Crippen molar-refractivity contribution in [1.29, 1.82) is 0 Å². The van der Waals surface area contributed by atoms with Crippen molar-refractivity contribution in [2.75, 3.05) is 0 Å². The Balaban J connectivity index is 0.00000180. The minimum absolute atomic E-state index is 0. The van der Waals surface area contributed by atoms with Crippen molar-refractivity contribution in [1.82, 2.24) is 5.32 Å². The lowest BCUT2D eigenvalue weighted by atomic mass is 9.80. The van der Waals surface area contributed by atoms with Crippen LogP contribution in [0.4, 0.5) is 4.39 Å². The highest BCUT2D eigenvalue weighted by Crippen LogP contribution is 2.35. The Hall–Kier alpha value is -1.13. The summed E-state index contributed by atoms with van der Waals surface area (Å²) in [5.74, 6) is -0.0783. The van der Waals surface area contributed by atoms with E-state index < -0.39 is 6.04 Å². The number of fused-ring (bicyclic) bond motifs is 1. The maximum Gasteiger partial charge on any atom is 0.237 e. The average molecular weight is 287 g/mol. The molecule has 0 heterocycles. The average Bonchev–Trinajstić information content (AvgIpc) is 2.32. The van der Waals surface area contributed by atoms with E-state index in [0.717, 1.165) is 24.0 Å². The molecule has 1 aliphatic rings. The molecule has 1 amide bonds. The molecule has 0 aromatic heterocycles. The SMILES string of the molecule is CC1CCc2c(F)cccc2C1NC(=O)[C@H](C)N.Cl. The third-order valence-electron chi connectivity index (χ3n) is 3.62. The summed E-state index contributed by atoms with van der Waals surface area (Å²) in [4.78, 5) is 11.7. The zero-order chi connectivity index (χ0) is 13.3. The number of carbonyl (C=O) groups excluding carboxylic acids is 1. The van der Waals surface area contributed by atoms with Crippen molar-refractivity contribution in [2.45, 2.75) is 38.8 Å². The predicted molar refractivity (Wildman–Crippen MR) is 75.7 cm³/mol. The number of hydrogen-bond donors (Lipinski definition) is 2. The summed E-state index contributed by atoms with van der Waals surface area (Å²) in [5, 5.41) is 2.92. The number of rotatable bonds is 2. The number of amides is 1. The molecule has 1 aromatic rings. The van der Waals surface area contributed by atoms with E-state index in [1.54, 1.807) is 13.0 Å². The number of halogens is 2. The monoisotopic (exact) mass is 286 g/mol. The van der Waals surface area contributed by atoms with Crippen LogP contribution in [0.25, 0.3) is 0 Å². The molecule has 19 heavy (non-hydrogen) atoms. The zero-order valence-electron chi connectivity index (χ0n) is 11.2. The minimum atomic E-state index is -0.545. The quantitative estimate of drug-likeness (QED) is 0.877. The molecular weight excluding hydrogens is 267 g/mol. The summed E-state index contributed by atoms with van der Waals surface area (Å²) in [6.07, 6.45) is 1.60. The Morgan fingerprint density at radius 3 is 2.84 bits per heavy atom. The smallest absolute Gasteiger partial charge is 0.237 e. The lowest BCUT2D eigenvalue weighted by molar-refractivity contribution is -0.123. The summed E-state index contributed by atoms with van der Waals surface area (Å²) in [5.41, 5.74) is 7.18. The summed E-state index contributed by atoms with van der Waals surface area (Å²) in [6.45, 7) is 3.72. The van der Waals surface area contributed by atoms with Gasteiger partial charge in [0.05, 0.1) is 12.1 Å². The van der Waals surface area contributed by atoms with E-state index in [1.165, 1.54) is 6.07 Å². The van der Waals surface area contributed by atoms with Crippen molar-refractivity contribution in [2.24, 2.45) is 11.7 Å². The first kappa shape index (κ1) is 15.9. The van der Waals surface area contributed by atoms with Crippen LogP contribution in [0.5, 0.6) is 0 Å². The molecule has 3 nitrogen and oxygen atoms in total. The first-order chi connectivity index (χ1) is 8.50. The summed E-state index contributed by atoms with van der Waals surface area (Å²) < 4.78 is 13.7. The molecule has 0 saturated carbocycles. The topological polar surface area (TPSA) is 55.1 Å². The van der Waals surface area contributed by atoms with Crippen LogP contribution in [0.15, 0.2) is 18.2 Å². The highest BCUT2D eigenvalue weighted by Gasteiger charge is 2.29. The molecule has 0 aliphatic heterocycles. The molecule has 3 atom stereocenters. The van der Waals surface area contributed by atoms with Gasteiger partial charge in [0.1, 0.15) is 5.82 Å². The molecule has 0 radical (unpaired) electrons. The highest BCUT2D eigenvalue weighted by molar-refractivity contribution is 5.85. The second-order valence-electron chi connectivity index (χ2n) is 5.10. The second-order valence-corrected chi connectivity index (χ2v) is 5.10. The first-order valence-electron chi connectivity index (χ1n) is 6.34. The van der Waals surface area contributed by atoms with Gasteiger partial charge in [0, 0.05) is 0 Å². The second kappa shape index (κ2) is 6.35. The highest BCUT2D eigenvalue weighted by atomic mass is 35.5. The van der Waals surface area contributed by atoms with Crippen molar-refractivity contribution in [3.8, 4) is 0 Å². The van der Waals surface area contributed by atoms with Gasteiger partial charge in [0.15, 0.2) is 0 Å². The molecule has 3 N–H and O–H groups in total. The Labute approximate surface area is 119 Å². The van der Waals surface area contributed by atoms with Gasteiger partial charge in [-0.15, -0.1) is 12.4 Å². The summed E-state index contributed by atoms with van der Waals surface area (Å²) >= 11 is 0. The fourth-order valence-electron chi connectivity index (χ4n) is 2.48. The molecule has 0 bridgehead atoms. The van der Waals surface area contributed by atoms with E-state index in [-0.39, 0.29) is 30.2 Å². The Kier molecular flexibility index (Phi) is 5.32. The molecule has 0 fully saturated rings. The van der Waals surface area contributed by atoms with E-state index in [1.807, 2.05) is 6.07 Å². The first-order valence-corrected chi connectivity index (χ1v) is 6.34. The van der Waals surface area contributed by atoms with Gasteiger partial charge < -0.3 is 11.1 Å². The van der Waals surface area contributed by atoms with Crippen LogP contribution in [-0.2, 0) is 11.2 Å². The van der Waals surface area contributed by atoms with E-state index in [2.05, 4.69) is 12.2 Å². The molecule has 2 rings (SSSR count). The van der Waals surface area contributed by atoms with Gasteiger partial charge in [0.2, 0.25) is 5.91 Å². The van der Waals surface area contributed by atoms with Crippen LogP contribution in [0.2, 0.25) is 0 Å². The van der Waals surface area contributed by atoms with Gasteiger partial charge in [-0.1, -0.05) is 19.1 Å². The Morgan fingerprint density at radius 2 is 2.21 bits per heavy atom. The number of benzene rings is 1. The van der Waals surface area contributed by atoms with Crippen LogP contribution in [0.1, 0.15) is 37.4 Å². The summed E-state index contributed by atoms with van der Waals surface area (Å²) in [7, 11) is 0. The molecule has 1 aromatic carbocycles. The van der Waals surface area contributed by atoms with Crippen molar-refractivity contribution in [3.63, 3.8) is 0 Å². The van der Waals surface area contributed by atoms with Crippen LogP contribution in [0, 0.1) is 11.7 Å². The van der Waals surface area contributed by atoms with E-state index >= 15 is 0 Å². The van der Waals surface area contributed by atoms with E-state index in [4.69, 9.17) is 5.73 Å². The van der Waals surface area contributed by atoms with Gasteiger partial charge >= 0.3 is 0 Å². The molecule has 2 unspecified atom stereocenters. The zero-order valence-corrected chi connectivity index (χ0v) is 12.0. The van der Waals surface area contributed by atoms with E-state index in [0.29, 0.717) is 5.92 Å². The van der Waals surface area contributed by atoms with Crippen LogP contribution in [0.3, 0.4) is 0 Å². The van der Waals surface area contributed by atoms with Crippen LogP contribution in [-0.4, -0.2) is 11.9 Å². The predicted octanol–water partition coefficient (Wildman–Crippen LogP) is 2.33. The molecule has 5 heteroatoms. The number of nitrogens with two attached hydrogens (primary N) is 1. The minimum Gasteiger partial charge on any atom is -0.348 e. The normalized spacial score (nSPS) is 22.9. The number of nitrogens with one attached hydrogen (secondary N) is 1. The van der Waals surface area contributed by atoms with Crippen LogP contribution < -0.4 is 11.1 Å². The van der Waals surface area contributed by atoms with Crippen molar-refractivity contribution in [3.05, 3.63) is 35.1 Å². The van der Waals surface area contributed by atoms with Gasteiger partial charge in [-0.2, -0.15) is 0 Å².